The number of benzene rings is 1. The van der Waals surface area contributed by atoms with E-state index in [4.69, 9.17) is 5.26 Å². The van der Waals surface area contributed by atoms with E-state index in [0.717, 1.165) is 31.0 Å². The van der Waals surface area contributed by atoms with Gasteiger partial charge in [-0.15, -0.1) is 0 Å². The number of hydrogen-bond acceptors (Lipinski definition) is 3. The molecule has 1 saturated heterocycles. The molecule has 94 valence electrons. The number of carbonyl (C=O) groups excluding carboxylic acids is 1. The zero-order valence-electron chi connectivity index (χ0n) is 9.77. The van der Waals surface area contributed by atoms with Crippen LogP contribution in [0.2, 0.25) is 0 Å². The first-order chi connectivity index (χ1) is 8.61. The van der Waals surface area contributed by atoms with Gasteiger partial charge in [0.1, 0.15) is 11.6 Å². The Bertz CT molecular complexity index is 510. The summed E-state index contributed by atoms with van der Waals surface area (Å²) < 4.78 is 13.1. The lowest BCUT2D eigenvalue weighted by molar-refractivity contribution is 0.0695. The minimum Gasteiger partial charge on any atom is -0.507 e. The van der Waals surface area contributed by atoms with Gasteiger partial charge in [0.25, 0.3) is 5.91 Å². The molecule has 0 aromatic heterocycles. The average molecular weight is 248 g/mol. The first-order valence-electron chi connectivity index (χ1n) is 5.79. The third-order valence-corrected chi connectivity index (χ3v) is 3.08. The smallest absolute Gasteiger partial charge is 0.257 e. The number of amides is 1. The maximum atomic E-state index is 13.1. The summed E-state index contributed by atoms with van der Waals surface area (Å²) in [5, 5.41) is 18.4. The number of likely N-dealkylation sites (tertiary alicyclic amines) is 1. The van der Waals surface area contributed by atoms with Gasteiger partial charge in [0.05, 0.1) is 17.6 Å². The fraction of sp³-hybridized carbons (Fsp3) is 0.385. The average Bonchev–Trinajstić information content (AvgIpc) is 2.41. The Hall–Kier alpha value is -2.09. The molecule has 1 N–H and O–H groups in total. The van der Waals surface area contributed by atoms with E-state index in [0.29, 0.717) is 13.1 Å². The predicted molar refractivity (Wildman–Crippen MR) is 62.3 cm³/mol. The van der Waals surface area contributed by atoms with Gasteiger partial charge in [-0.1, -0.05) is 0 Å². The van der Waals surface area contributed by atoms with Crippen LogP contribution in [0.25, 0.3) is 0 Å². The Kier molecular flexibility index (Phi) is 3.47. The largest absolute Gasteiger partial charge is 0.507 e. The van der Waals surface area contributed by atoms with Crippen molar-refractivity contribution in [2.45, 2.75) is 12.8 Å². The fourth-order valence-corrected chi connectivity index (χ4v) is 2.12. The number of rotatable bonds is 1. The lowest BCUT2D eigenvalue weighted by atomic mass is 9.99. The van der Waals surface area contributed by atoms with Gasteiger partial charge >= 0.3 is 0 Å². The molecule has 1 aliphatic heterocycles. The van der Waals surface area contributed by atoms with Crippen LogP contribution in [0.4, 0.5) is 4.39 Å². The lowest BCUT2D eigenvalue weighted by Crippen LogP contribution is -2.39. The lowest BCUT2D eigenvalue weighted by Gasteiger charge is -2.29. The Labute approximate surface area is 104 Å². The summed E-state index contributed by atoms with van der Waals surface area (Å²) in [6.45, 7) is 0.873. The summed E-state index contributed by atoms with van der Waals surface area (Å²) in [5.74, 6) is -1.41. The Morgan fingerprint density at radius 3 is 3.06 bits per heavy atom. The highest BCUT2D eigenvalue weighted by molar-refractivity contribution is 5.96. The second-order valence-corrected chi connectivity index (χ2v) is 4.38. The molecule has 4 nitrogen and oxygen atoms in total. The highest BCUT2D eigenvalue weighted by Gasteiger charge is 2.26. The molecule has 0 saturated carbocycles. The molecular weight excluding hydrogens is 235 g/mol. The van der Waals surface area contributed by atoms with Gasteiger partial charge in [-0.05, 0) is 31.0 Å². The van der Waals surface area contributed by atoms with E-state index in [9.17, 15) is 14.3 Å². The van der Waals surface area contributed by atoms with Crippen molar-refractivity contribution in [3.05, 3.63) is 29.6 Å². The molecule has 0 radical (unpaired) electrons. The van der Waals surface area contributed by atoms with Crippen molar-refractivity contribution in [1.82, 2.24) is 4.90 Å². The van der Waals surface area contributed by atoms with Crippen molar-refractivity contribution < 1.29 is 14.3 Å². The van der Waals surface area contributed by atoms with Gasteiger partial charge < -0.3 is 10.0 Å². The van der Waals surface area contributed by atoms with E-state index in [1.54, 1.807) is 0 Å². The van der Waals surface area contributed by atoms with E-state index in [-0.39, 0.29) is 17.2 Å². The minimum absolute atomic E-state index is 0.0476. The predicted octanol–water partition coefficient (Wildman–Crippen LogP) is 1.91. The highest BCUT2D eigenvalue weighted by atomic mass is 19.1. The van der Waals surface area contributed by atoms with E-state index in [1.807, 2.05) is 0 Å². The van der Waals surface area contributed by atoms with Crippen molar-refractivity contribution in [1.29, 1.82) is 5.26 Å². The molecule has 0 bridgehead atoms. The minimum atomic E-state index is -0.565. The van der Waals surface area contributed by atoms with Crippen LogP contribution in [0.1, 0.15) is 23.2 Å². The number of nitrogens with zero attached hydrogens (tertiary/aromatic N) is 2. The molecular formula is C13H13FN2O2. The molecule has 2 rings (SSSR count). The number of hydrogen-bond donors (Lipinski definition) is 1. The number of phenolic OH excluding ortho intramolecular Hbond substituents is 1. The van der Waals surface area contributed by atoms with Crippen LogP contribution >= 0.6 is 0 Å². The van der Waals surface area contributed by atoms with Crippen molar-refractivity contribution in [2.75, 3.05) is 13.1 Å². The highest BCUT2D eigenvalue weighted by Crippen LogP contribution is 2.23. The van der Waals surface area contributed by atoms with Crippen LogP contribution in [-0.2, 0) is 0 Å². The van der Waals surface area contributed by atoms with Crippen LogP contribution in [0.3, 0.4) is 0 Å². The first kappa shape index (κ1) is 12.4. The van der Waals surface area contributed by atoms with Crippen LogP contribution in [0, 0.1) is 23.1 Å². The van der Waals surface area contributed by atoms with E-state index >= 15 is 0 Å². The molecule has 1 aromatic carbocycles. The third kappa shape index (κ3) is 2.43. The summed E-state index contributed by atoms with van der Waals surface area (Å²) in [7, 11) is 0. The number of nitriles is 1. The van der Waals surface area contributed by atoms with Gasteiger partial charge in [-0.2, -0.15) is 5.26 Å². The third-order valence-electron chi connectivity index (χ3n) is 3.08. The standard InChI is InChI=1S/C13H13FN2O2/c14-10-3-4-12(17)11(6-10)13(18)16-5-1-2-9(7-15)8-16/h3-4,6,9,17H,1-2,5,8H2. The van der Waals surface area contributed by atoms with E-state index in [1.165, 1.54) is 4.90 Å². The summed E-state index contributed by atoms with van der Waals surface area (Å²) >= 11 is 0. The monoisotopic (exact) mass is 248 g/mol. The second-order valence-electron chi connectivity index (χ2n) is 4.38. The number of halogens is 1. The second kappa shape index (κ2) is 5.05. The summed E-state index contributed by atoms with van der Waals surface area (Å²) in [4.78, 5) is 13.6. The van der Waals surface area contributed by atoms with Crippen LogP contribution < -0.4 is 0 Å². The maximum Gasteiger partial charge on any atom is 0.257 e. The molecule has 1 aliphatic rings. The molecule has 1 atom stereocenters. The van der Waals surface area contributed by atoms with Gasteiger partial charge in [-0.3, -0.25) is 4.79 Å². The van der Waals surface area contributed by atoms with Crippen LogP contribution in [0.5, 0.6) is 5.75 Å². The number of phenols is 1. The number of aromatic hydroxyl groups is 1. The van der Waals surface area contributed by atoms with Crippen LogP contribution in [-0.4, -0.2) is 29.0 Å². The van der Waals surface area contributed by atoms with E-state index < -0.39 is 11.7 Å². The van der Waals surface area contributed by atoms with Gasteiger partial charge in [0, 0.05) is 13.1 Å². The Balaban J connectivity index is 2.21. The molecule has 1 aromatic rings. The molecule has 1 amide bonds. The summed E-state index contributed by atoms with van der Waals surface area (Å²) in [6, 6.07) is 5.42. The number of piperidine rings is 1. The Morgan fingerprint density at radius 1 is 1.56 bits per heavy atom. The molecule has 0 aliphatic carbocycles. The first-order valence-corrected chi connectivity index (χ1v) is 5.79. The topological polar surface area (TPSA) is 64.3 Å². The van der Waals surface area contributed by atoms with Gasteiger partial charge in [-0.25, -0.2) is 4.39 Å². The van der Waals surface area contributed by atoms with Crippen molar-refractivity contribution in [2.24, 2.45) is 5.92 Å². The zero-order chi connectivity index (χ0) is 13.1. The van der Waals surface area contributed by atoms with Crippen molar-refractivity contribution in [3.8, 4) is 11.8 Å². The summed E-state index contributed by atoms with van der Waals surface area (Å²) in [6.07, 6.45) is 1.52. The molecule has 0 spiro atoms. The quantitative estimate of drug-likeness (QED) is 0.825. The Morgan fingerprint density at radius 2 is 2.33 bits per heavy atom. The van der Waals surface area contributed by atoms with Crippen molar-refractivity contribution in [3.63, 3.8) is 0 Å². The van der Waals surface area contributed by atoms with E-state index in [2.05, 4.69) is 6.07 Å². The normalized spacial score (nSPS) is 19.3. The zero-order valence-corrected chi connectivity index (χ0v) is 9.77. The van der Waals surface area contributed by atoms with Crippen molar-refractivity contribution >= 4 is 5.91 Å². The molecule has 5 heteroatoms. The maximum absolute atomic E-state index is 13.1. The fourth-order valence-electron chi connectivity index (χ4n) is 2.12. The molecule has 1 heterocycles. The van der Waals surface area contributed by atoms with Gasteiger partial charge in [0.2, 0.25) is 0 Å². The van der Waals surface area contributed by atoms with Crippen LogP contribution in [0.15, 0.2) is 18.2 Å². The van der Waals surface area contributed by atoms with Gasteiger partial charge in [0.15, 0.2) is 0 Å². The molecule has 18 heavy (non-hydrogen) atoms. The SMILES string of the molecule is N#CC1CCCN(C(=O)c2cc(F)ccc2O)C1. The molecule has 1 fully saturated rings. The summed E-state index contributed by atoms with van der Waals surface area (Å²) in [5.41, 5.74) is -0.0476. The number of carbonyl (C=O) groups is 1. The molecule has 1 unspecified atom stereocenters.